The van der Waals surface area contributed by atoms with Crippen LogP contribution in [0, 0.1) is 13.8 Å². The molecule has 0 spiro atoms. The first-order valence-electron chi connectivity index (χ1n) is 7.12. The van der Waals surface area contributed by atoms with Gasteiger partial charge in [0.1, 0.15) is 5.69 Å². The van der Waals surface area contributed by atoms with Gasteiger partial charge < -0.3 is 9.63 Å². The number of aromatic nitrogens is 1. The minimum atomic E-state index is -0.189. The van der Waals surface area contributed by atoms with Gasteiger partial charge in [-0.3, -0.25) is 0 Å². The average molecular weight is 348 g/mol. The summed E-state index contributed by atoms with van der Waals surface area (Å²) in [6.07, 6.45) is 0. The lowest BCUT2D eigenvalue weighted by Gasteiger charge is -2.05. The van der Waals surface area contributed by atoms with Crippen LogP contribution < -0.4 is 0 Å². The molecule has 5 heteroatoms. The van der Waals surface area contributed by atoms with Crippen LogP contribution in [0.5, 0.6) is 0 Å². The normalized spacial score (nSPS) is 11.0. The average Bonchev–Trinajstić information content (AvgIpc) is 2.88. The minimum absolute atomic E-state index is 0.189. The minimum Gasteiger partial charge on any atom is -0.391 e. The van der Waals surface area contributed by atoms with Gasteiger partial charge in [-0.05, 0) is 44.2 Å². The van der Waals surface area contributed by atoms with Crippen LogP contribution in [0.15, 0.2) is 40.9 Å². The number of nitrogens with zero attached hydrogens (tertiary/aromatic N) is 1. The van der Waals surface area contributed by atoms with Crippen molar-refractivity contribution in [3.05, 3.63) is 63.1 Å². The molecule has 0 saturated heterocycles. The Hall–Kier alpha value is -1.81. The second-order valence-electron chi connectivity index (χ2n) is 5.53. The molecule has 0 bridgehead atoms. The fourth-order valence-electron chi connectivity index (χ4n) is 2.71. The summed E-state index contributed by atoms with van der Waals surface area (Å²) in [7, 11) is 0. The van der Waals surface area contributed by atoms with Gasteiger partial charge in [-0.15, -0.1) is 0 Å². The number of aryl methyl sites for hydroxylation is 2. The van der Waals surface area contributed by atoms with Gasteiger partial charge in [0, 0.05) is 21.2 Å². The Morgan fingerprint density at radius 1 is 0.913 bits per heavy atom. The number of aliphatic hydroxyl groups is 1. The van der Waals surface area contributed by atoms with Crippen molar-refractivity contribution >= 4 is 23.2 Å². The Morgan fingerprint density at radius 3 is 2.09 bits per heavy atom. The van der Waals surface area contributed by atoms with E-state index in [4.69, 9.17) is 27.7 Å². The van der Waals surface area contributed by atoms with Gasteiger partial charge >= 0.3 is 0 Å². The highest BCUT2D eigenvalue weighted by atomic mass is 35.5. The third-order valence-electron chi connectivity index (χ3n) is 3.57. The second kappa shape index (κ2) is 6.36. The molecule has 0 aliphatic rings. The summed E-state index contributed by atoms with van der Waals surface area (Å²) in [5, 5.41) is 15.0. The van der Waals surface area contributed by atoms with Gasteiger partial charge in [-0.2, -0.15) is 0 Å². The second-order valence-corrected chi connectivity index (χ2v) is 6.40. The van der Waals surface area contributed by atoms with E-state index in [0.717, 1.165) is 16.7 Å². The standard InChI is InChI=1S/C18H15Cl2NO2/c1-10-3-11(2)5-13(4-10)18-16(9-22)17(21-23-18)12-6-14(19)8-15(20)7-12/h3-8,22H,9H2,1-2H3. The summed E-state index contributed by atoms with van der Waals surface area (Å²) >= 11 is 12.1. The number of hydrogen-bond acceptors (Lipinski definition) is 3. The molecular weight excluding hydrogens is 333 g/mol. The van der Waals surface area contributed by atoms with Crippen LogP contribution in [-0.2, 0) is 6.61 Å². The van der Waals surface area contributed by atoms with Crippen LogP contribution in [0.4, 0.5) is 0 Å². The Labute approximate surface area is 144 Å². The SMILES string of the molecule is Cc1cc(C)cc(-c2onc(-c3cc(Cl)cc(Cl)c3)c2CO)c1. The number of hydrogen-bond donors (Lipinski definition) is 1. The first kappa shape index (κ1) is 16.1. The maximum atomic E-state index is 9.82. The van der Waals surface area contributed by atoms with Crippen LogP contribution >= 0.6 is 23.2 Å². The van der Waals surface area contributed by atoms with Gasteiger partial charge in [0.25, 0.3) is 0 Å². The summed E-state index contributed by atoms with van der Waals surface area (Å²) in [4.78, 5) is 0. The molecule has 0 saturated carbocycles. The molecule has 1 heterocycles. The molecule has 3 rings (SSSR count). The molecule has 0 unspecified atom stereocenters. The summed E-state index contributed by atoms with van der Waals surface area (Å²) in [5.74, 6) is 0.561. The summed E-state index contributed by atoms with van der Waals surface area (Å²) in [5.41, 5.74) is 5.00. The lowest BCUT2D eigenvalue weighted by molar-refractivity contribution is 0.281. The Morgan fingerprint density at radius 2 is 1.52 bits per heavy atom. The fourth-order valence-corrected chi connectivity index (χ4v) is 3.23. The van der Waals surface area contributed by atoms with Crippen molar-refractivity contribution in [2.45, 2.75) is 20.5 Å². The highest BCUT2D eigenvalue weighted by Gasteiger charge is 2.19. The highest BCUT2D eigenvalue weighted by Crippen LogP contribution is 2.35. The van der Waals surface area contributed by atoms with E-state index in [1.54, 1.807) is 18.2 Å². The van der Waals surface area contributed by atoms with Crippen molar-refractivity contribution < 1.29 is 9.63 Å². The van der Waals surface area contributed by atoms with Crippen LogP contribution in [-0.4, -0.2) is 10.3 Å². The molecule has 1 aromatic heterocycles. The van der Waals surface area contributed by atoms with E-state index in [0.29, 0.717) is 32.6 Å². The number of halogens is 2. The lowest BCUT2D eigenvalue weighted by atomic mass is 10.00. The monoisotopic (exact) mass is 347 g/mol. The quantitative estimate of drug-likeness (QED) is 0.687. The van der Waals surface area contributed by atoms with Gasteiger partial charge in [0.05, 0.1) is 12.2 Å². The van der Waals surface area contributed by atoms with E-state index in [1.165, 1.54) is 0 Å². The molecule has 0 radical (unpaired) electrons. The molecule has 23 heavy (non-hydrogen) atoms. The summed E-state index contributed by atoms with van der Waals surface area (Å²) < 4.78 is 5.52. The lowest BCUT2D eigenvalue weighted by Crippen LogP contribution is -1.90. The van der Waals surface area contributed by atoms with Crippen molar-refractivity contribution in [2.24, 2.45) is 0 Å². The summed E-state index contributed by atoms with van der Waals surface area (Å²) in [6, 6.07) is 11.2. The van der Waals surface area contributed by atoms with Crippen molar-refractivity contribution in [3.8, 4) is 22.6 Å². The molecule has 1 N–H and O–H groups in total. The maximum absolute atomic E-state index is 9.82. The van der Waals surface area contributed by atoms with Crippen molar-refractivity contribution in [3.63, 3.8) is 0 Å². The molecule has 0 amide bonds. The van der Waals surface area contributed by atoms with E-state index in [1.807, 2.05) is 26.0 Å². The van der Waals surface area contributed by atoms with Crippen LogP contribution in [0.2, 0.25) is 10.0 Å². The zero-order chi connectivity index (χ0) is 16.6. The third kappa shape index (κ3) is 3.27. The Balaban J connectivity index is 2.16. The molecule has 0 aliphatic carbocycles. The largest absolute Gasteiger partial charge is 0.391 e. The van der Waals surface area contributed by atoms with Gasteiger partial charge in [-0.1, -0.05) is 45.6 Å². The molecular formula is C18H15Cl2NO2. The van der Waals surface area contributed by atoms with Crippen molar-refractivity contribution in [1.82, 2.24) is 5.16 Å². The molecule has 3 aromatic rings. The van der Waals surface area contributed by atoms with Gasteiger partial charge in [0.15, 0.2) is 5.76 Å². The molecule has 118 valence electrons. The zero-order valence-corrected chi connectivity index (χ0v) is 14.2. The van der Waals surface area contributed by atoms with E-state index >= 15 is 0 Å². The molecule has 0 fully saturated rings. The number of benzene rings is 2. The van der Waals surface area contributed by atoms with Gasteiger partial charge in [0.2, 0.25) is 0 Å². The van der Waals surface area contributed by atoms with Crippen LogP contribution in [0.1, 0.15) is 16.7 Å². The molecule has 0 aliphatic heterocycles. The summed E-state index contributed by atoms with van der Waals surface area (Å²) in [6.45, 7) is 3.84. The van der Waals surface area contributed by atoms with E-state index in [2.05, 4.69) is 11.2 Å². The predicted octanol–water partition coefficient (Wildman–Crippen LogP) is 5.42. The van der Waals surface area contributed by atoms with E-state index < -0.39 is 0 Å². The predicted molar refractivity (Wildman–Crippen MR) is 92.8 cm³/mol. The first-order valence-corrected chi connectivity index (χ1v) is 7.88. The topological polar surface area (TPSA) is 46.3 Å². The number of rotatable bonds is 3. The fraction of sp³-hybridized carbons (Fsp3) is 0.167. The molecule has 2 aromatic carbocycles. The van der Waals surface area contributed by atoms with Crippen LogP contribution in [0.3, 0.4) is 0 Å². The highest BCUT2D eigenvalue weighted by molar-refractivity contribution is 6.35. The molecule has 0 atom stereocenters. The van der Waals surface area contributed by atoms with Gasteiger partial charge in [-0.25, -0.2) is 0 Å². The Bertz CT molecular complexity index is 762. The number of aliphatic hydroxyl groups excluding tert-OH is 1. The van der Waals surface area contributed by atoms with Crippen LogP contribution in [0.25, 0.3) is 22.6 Å². The van der Waals surface area contributed by atoms with Crippen molar-refractivity contribution in [1.29, 1.82) is 0 Å². The third-order valence-corrected chi connectivity index (χ3v) is 4.00. The smallest absolute Gasteiger partial charge is 0.173 e. The van der Waals surface area contributed by atoms with E-state index in [9.17, 15) is 5.11 Å². The zero-order valence-electron chi connectivity index (χ0n) is 12.7. The van der Waals surface area contributed by atoms with Crippen molar-refractivity contribution in [2.75, 3.05) is 0 Å². The Kier molecular flexibility index (Phi) is 4.44. The first-order chi connectivity index (χ1) is 11.0. The maximum Gasteiger partial charge on any atom is 0.173 e. The molecule has 3 nitrogen and oxygen atoms in total. The van der Waals surface area contributed by atoms with E-state index in [-0.39, 0.29) is 6.61 Å².